The van der Waals surface area contributed by atoms with Crippen molar-refractivity contribution in [3.8, 4) is 17.1 Å². The molecule has 1 saturated heterocycles. The molecular weight excluding hydrogens is 316 g/mol. The summed E-state index contributed by atoms with van der Waals surface area (Å²) in [6.45, 7) is -0.0144. The summed E-state index contributed by atoms with van der Waals surface area (Å²) < 4.78 is 32.1. The van der Waals surface area contributed by atoms with Crippen LogP contribution in [0.15, 0.2) is 30.6 Å². The van der Waals surface area contributed by atoms with Crippen LogP contribution >= 0.6 is 0 Å². The second kappa shape index (κ2) is 5.70. The van der Waals surface area contributed by atoms with Gasteiger partial charge in [0.1, 0.15) is 23.6 Å². The van der Waals surface area contributed by atoms with E-state index in [2.05, 4.69) is 20.2 Å². The molecule has 4 rings (SSSR count). The summed E-state index contributed by atoms with van der Waals surface area (Å²) in [5, 5.41) is 8.10. The SMILES string of the molecule is COc1ccc2[nH]nc(-c3cc(N4CC(F)C(F)C4)ncn3)c2c1. The number of halogens is 2. The fraction of sp³-hybridized carbons (Fsp3) is 0.312. The maximum atomic E-state index is 13.4. The molecule has 124 valence electrons. The molecule has 0 radical (unpaired) electrons. The van der Waals surface area contributed by atoms with E-state index in [1.165, 1.54) is 6.33 Å². The number of aromatic amines is 1. The molecule has 0 amide bonds. The summed E-state index contributed by atoms with van der Waals surface area (Å²) in [4.78, 5) is 9.96. The first kappa shape index (κ1) is 14.8. The minimum absolute atomic E-state index is 0.00719. The zero-order chi connectivity index (χ0) is 16.7. The van der Waals surface area contributed by atoms with Crippen LogP contribution in [0.1, 0.15) is 0 Å². The molecule has 24 heavy (non-hydrogen) atoms. The van der Waals surface area contributed by atoms with Crippen LogP contribution in [-0.4, -0.2) is 52.7 Å². The first-order valence-electron chi connectivity index (χ1n) is 7.53. The highest BCUT2D eigenvalue weighted by Crippen LogP contribution is 2.30. The summed E-state index contributed by atoms with van der Waals surface area (Å²) in [7, 11) is 1.60. The number of methoxy groups -OCH3 is 1. The van der Waals surface area contributed by atoms with Gasteiger partial charge in [0.25, 0.3) is 0 Å². The molecule has 6 nitrogen and oxygen atoms in total. The van der Waals surface area contributed by atoms with Crippen LogP contribution in [-0.2, 0) is 0 Å². The van der Waals surface area contributed by atoms with Crippen molar-refractivity contribution in [2.75, 3.05) is 25.1 Å². The van der Waals surface area contributed by atoms with Gasteiger partial charge in [0.2, 0.25) is 0 Å². The predicted octanol–water partition coefficient (Wildman–Crippen LogP) is 2.52. The number of rotatable bonds is 3. The van der Waals surface area contributed by atoms with Gasteiger partial charge >= 0.3 is 0 Å². The normalized spacial score (nSPS) is 20.7. The van der Waals surface area contributed by atoms with Crippen molar-refractivity contribution in [3.05, 3.63) is 30.6 Å². The van der Waals surface area contributed by atoms with E-state index in [9.17, 15) is 8.78 Å². The molecular formula is C16H15F2N5O. The van der Waals surface area contributed by atoms with Gasteiger partial charge in [-0.05, 0) is 18.2 Å². The molecule has 0 saturated carbocycles. The van der Waals surface area contributed by atoms with Crippen molar-refractivity contribution in [2.45, 2.75) is 12.3 Å². The zero-order valence-electron chi connectivity index (χ0n) is 12.9. The van der Waals surface area contributed by atoms with Crippen LogP contribution in [0, 0.1) is 0 Å². The number of nitrogens with zero attached hydrogens (tertiary/aromatic N) is 4. The zero-order valence-corrected chi connectivity index (χ0v) is 12.9. The third-order valence-electron chi connectivity index (χ3n) is 4.17. The Balaban J connectivity index is 1.74. The molecule has 1 aliphatic rings. The standard InChI is InChI=1S/C16H15F2N5O/c1-24-9-2-3-13-10(4-9)16(22-21-13)14-5-15(20-8-19-14)23-6-11(17)12(18)7-23/h2-5,8,11-12H,6-7H2,1H3,(H,21,22). The Labute approximate surface area is 136 Å². The monoisotopic (exact) mass is 331 g/mol. The Hall–Kier alpha value is -2.77. The Bertz CT molecular complexity index is 874. The van der Waals surface area contributed by atoms with E-state index in [4.69, 9.17) is 4.74 Å². The van der Waals surface area contributed by atoms with Crippen LogP contribution in [0.2, 0.25) is 0 Å². The number of anilines is 1. The van der Waals surface area contributed by atoms with Crippen LogP contribution in [0.3, 0.4) is 0 Å². The number of benzene rings is 1. The van der Waals surface area contributed by atoms with E-state index >= 15 is 0 Å². The second-order valence-corrected chi connectivity index (χ2v) is 5.68. The van der Waals surface area contributed by atoms with Gasteiger partial charge in [-0.3, -0.25) is 5.10 Å². The minimum atomic E-state index is -1.49. The summed E-state index contributed by atoms with van der Waals surface area (Å²) in [5.74, 6) is 1.20. The van der Waals surface area contributed by atoms with Gasteiger partial charge in [0.05, 0.1) is 31.4 Å². The van der Waals surface area contributed by atoms with E-state index in [1.54, 1.807) is 18.1 Å². The van der Waals surface area contributed by atoms with E-state index in [0.29, 0.717) is 23.0 Å². The number of ether oxygens (including phenoxy) is 1. The third kappa shape index (κ3) is 2.44. The van der Waals surface area contributed by atoms with Crippen molar-refractivity contribution in [2.24, 2.45) is 0 Å². The molecule has 2 aromatic heterocycles. The molecule has 1 aromatic carbocycles. The van der Waals surface area contributed by atoms with E-state index in [0.717, 1.165) is 10.9 Å². The maximum absolute atomic E-state index is 13.4. The molecule has 2 atom stereocenters. The fourth-order valence-electron chi connectivity index (χ4n) is 2.88. The van der Waals surface area contributed by atoms with Gasteiger partial charge in [0, 0.05) is 11.5 Å². The van der Waals surface area contributed by atoms with E-state index < -0.39 is 12.3 Å². The second-order valence-electron chi connectivity index (χ2n) is 5.68. The van der Waals surface area contributed by atoms with Crippen molar-refractivity contribution in [3.63, 3.8) is 0 Å². The van der Waals surface area contributed by atoms with Crippen molar-refractivity contribution in [1.82, 2.24) is 20.2 Å². The lowest BCUT2D eigenvalue weighted by molar-refractivity contribution is 0.217. The van der Waals surface area contributed by atoms with Crippen LogP contribution < -0.4 is 9.64 Å². The lowest BCUT2D eigenvalue weighted by Crippen LogP contribution is -2.21. The number of nitrogens with one attached hydrogen (secondary N) is 1. The Morgan fingerprint density at radius 2 is 1.96 bits per heavy atom. The van der Waals surface area contributed by atoms with Crippen molar-refractivity contribution < 1.29 is 13.5 Å². The van der Waals surface area contributed by atoms with E-state index in [-0.39, 0.29) is 13.1 Å². The summed E-state index contributed by atoms with van der Waals surface area (Å²) in [6.07, 6.45) is -1.60. The molecule has 0 aliphatic carbocycles. The molecule has 0 bridgehead atoms. The summed E-state index contributed by atoms with van der Waals surface area (Å²) in [6, 6.07) is 7.26. The molecule has 8 heteroatoms. The lowest BCUT2D eigenvalue weighted by atomic mass is 10.1. The van der Waals surface area contributed by atoms with E-state index in [1.807, 2.05) is 18.2 Å². The number of fused-ring (bicyclic) bond motifs is 1. The summed E-state index contributed by atoms with van der Waals surface area (Å²) >= 11 is 0. The molecule has 3 aromatic rings. The molecule has 1 fully saturated rings. The average Bonchev–Trinajstić information content (AvgIpc) is 3.18. The predicted molar refractivity (Wildman–Crippen MR) is 85.7 cm³/mol. The lowest BCUT2D eigenvalue weighted by Gasteiger charge is -2.15. The average molecular weight is 331 g/mol. The highest BCUT2D eigenvalue weighted by atomic mass is 19.2. The minimum Gasteiger partial charge on any atom is -0.497 e. The van der Waals surface area contributed by atoms with Gasteiger partial charge < -0.3 is 9.64 Å². The smallest absolute Gasteiger partial charge is 0.150 e. The number of H-pyrrole nitrogens is 1. The molecule has 1 aliphatic heterocycles. The largest absolute Gasteiger partial charge is 0.497 e. The Kier molecular flexibility index (Phi) is 3.51. The topological polar surface area (TPSA) is 66.9 Å². The maximum Gasteiger partial charge on any atom is 0.150 e. The van der Waals surface area contributed by atoms with Gasteiger partial charge in [-0.15, -0.1) is 0 Å². The first-order chi connectivity index (χ1) is 11.7. The number of hydrogen-bond acceptors (Lipinski definition) is 5. The van der Waals surface area contributed by atoms with Crippen LogP contribution in [0.4, 0.5) is 14.6 Å². The molecule has 3 heterocycles. The number of alkyl halides is 2. The molecule has 0 spiro atoms. The summed E-state index contributed by atoms with van der Waals surface area (Å²) in [5.41, 5.74) is 2.07. The van der Waals surface area contributed by atoms with Gasteiger partial charge in [-0.25, -0.2) is 18.7 Å². The third-order valence-corrected chi connectivity index (χ3v) is 4.17. The number of aromatic nitrogens is 4. The molecule has 2 unspecified atom stereocenters. The number of hydrogen-bond donors (Lipinski definition) is 1. The first-order valence-corrected chi connectivity index (χ1v) is 7.53. The van der Waals surface area contributed by atoms with Crippen LogP contribution in [0.5, 0.6) is 5.75 Å². The van der Waals surface area contributed by atoms with Gasteiger partial charge in [-0.2, -0.15) is 5.10 Å². The Morgan fingerprint density at radius 3 is 2.71 bits per heavy atom. The van der Waals surface area contributed by atoms with Gasteiger partial charge in [0.15, 0.2) is 12.3 Å². The molecule has 1 N–H and O–H groups in total. The highest BCUT2D eigenvalue weighted by Gasteiger charge is 2.33. The Morgan fingerprint density at radius 1 is 1.17 bits per heavy atom. The van der Waals surface area contributed by atoms with Crippen molar-refractivity contribution >= 4 is 16.7 Å². The van der Waals surface area contributed by atoms with Crippen LogP contribution in [0.25, 0.3) is 22.3 Å². The van der Waals surface area contributed by atoms with Crippen molar-refractivity contribution in [1.29, 1.82) is 0 Å². The van der Waals surface area contributed by atoms with Gasteiger partial charge in [-0.1, -0.05) is 0 Å². The highest BCUT2D eigenvalue weighted by molar-refractivity contribution is 5.93. The fourth-order valence-corrected chi connectivity index (χ4v) is 2.88. The quantitative estimate of drug-likeness (QED) is 0.799.